The first-order chi connectivity index (χ1) is 17.8. The van der Waals surface area contributed by atoms with Crippen molar-refractivity contribution < 1.29 is 58.0 Å². The van der Waals surface area contributed by atoms with Gasteiger partial charge in [-0.2, -0.15) is 21.6 Å². The average molecular weight is 593 g/mol. The molecule has 0 saturated carbocycles. The minimum atomic E-state index is -6.54. The molecule has 0 spiro atoms. The third-order valence-corrected chi connectivity index (χ3v) is 10.8. The molecule has 1 heterocycles. The van der Waals surface area contributed by atoms with Gasteiger partial charge >= 0.3 is 21.6 Å². The first-order valence-corrected chi connectivity index (χ1v) is 15.2. The normalized spacial score (nSPS) is 17.1. The molecule has 0 radical (unpaired) electrons. The lowest BCUT2D eigenvalue weighted by molar-refractivity contribution is -0.115. The molecule has 1 N–H and O–H groups in total. The summed E-state index contributed by atoms with van der Waals surface area (Å²) in [5.41, 5.74) is -7.27. The van der Waals surface area contributed by atoms with Crippen molar-refractivity contribution in [3.63, 3.8) is 0 Å². The first kappa shape index (κ1) is 28.3. The van der Waals surface area contributed by atoms with Gasteiger partial charge in [-0.25, -0.2) is 22.4 Å². The van der Waals surface area contributed by atoms with Gasteiger partial charge in [-0.1, -0.05) is 19.2 Å². The van der Waals surface area contributed by atoms with E-state index >= 15 is 13.2 Å². The van der Waals surface area contributed by atoms with Crippen molar-refractivity contribution in [3.05, 3.63) is 86.7 Å². The minimum absolute atomic E-state index is 0.0743. The van der Waals surface area contributed by atoms with E-state index in [9.17, 15) is 40.7 Å². The van der Waals surface area contributed by atoms with E-state index < -0.39 is 80.4 Å². The number of rotatable bonds is 4. The number of hydrogen-bond acceptors (Lipinski definition) is 5. The van der Waals surface area contributed by atoms with Gasteiger partial charge in [0.15, 0.2) is 23.3 Å². The molecule has 2 aromatic rings. The molecule has 39 heavy (non-hydrogen) atoms. The van der Waals surface area contributed by atoms with E-state index in [2.05, 4.69) is 4.18 Å². The number of alkyl halides is 3. The quantitative estimate of drug-likeness (QED) is 0.229. The fraction of sp³-hybridized carbons (Fsp3) is 0.167. The van der Waals surface area contributed by atoms with E-state index in [-0.39, 0.29) is 27.8 Å². The Morgan fingerprint density at radius 1 is 1.03 bits per heavy atom. The summed E-state index contributed by atoms with van der Waals surface area (Å²) in [7, 11) is -10.5. The number of allylic oxidation sites excluding steroid dienone is 5. The van der Waals surface area contributed by atoms with Gasteiger partial charge in [0.2, 0.25) is 11.5 Å². The van der Waals surface area contributed by atoms with E-state index in [0.29, 0.717) is 12.1 Å². The number of aromatic carboxylic acids is 1. The first-order valence-electron chi connectivity index (χ1n) is 10.8. The Labute approximate surface area is 216 Å². The fourth-order valence-electron chi connectivity index (χ4n) is 4.64. The Morgan fingerprint density at radius 3 is 2.21 bits per heavy atom. The summed E-state index contributed by atoms with van der Waals surface area (Å²) in [6, 6.07) is 3.99. The topological polar surface area (TPSA) is 97.7 Å². The summed E-state index contributed by atoms with van der Waals surface area (Å²) < 4.78 is 127. The molecule has 0 atom stereocenters. The number of ketones is 1. The molecule has 15 heteroatoms. The van der Waals surface area contributed by atoms with Crippen LogP contribution in [0.2, 0.25) is 13.1 Å². The lowest BCUT2D eigenvalue weighted by atomic mass is 9.86. The Balaban J connectivity index is 2.19. The van der Waals surface area contributed by atoms with Gasteiger partial charge < -0.3 is 9.29 Å². The van der Waals surface area contributed by atoms with Crippen molar-refractivity contribution in [2.45, 2.75) is 25.5 Å². The number of benzene rings is 2. The van der Waals surface area contributed by atoms with Gasteiger partial charge in [0.1, 0.15) is 8.07 Å². The Kier molecular flexibility index (Phi) is 6.46. The number of carbonyl (C=O) groups is 2. The number of fused-ring (bicyclic) bond motifs is 2. The van der Waals surface area contributed by atoms with Crippen LogP contribution in [0.15, 0.2) is 52.8 Å². The van der Waals surface area contributed by atoms with Gasteiger partial charge in [0.05, 0.1) is 5.56 Å². The van der Waals surface area contributed by atoms with Crippen LogP contribution in [0.5, 0.6) is 5.75 Å². The zero-order valence-corrected chi connectivity index (χ0v) is 21.7. The second-order valence-electron chi connectivity index (χ2n) is 9.17. The van der Waals surface area contributed by atoms with Gasteiger partial charge in [0, 0.05) is 0 Å². The van der Waals surface area contributed by atoms with Crippen molar-refractivity contribution in [3.8, 4) is 5.75 Å². The molecule has 0 bridgehead atoms. The maximum Gasteiger partial charge on any atom is 0.534 e. The van der Waals surface area contributed by atoms with E-state index in [4.69, 9.17) is 0 Å². The smallest absolute Gasteiger partial charge is 0.478 e. The van der Waals surface area contributed by atoms with E-state index in [1.165, 1.54) is 32.2 Å². The zero-order valence-electron chi connectivity index (χ0n) is 19.9. The van der Waals surface area contributed by atoms with Gasteiger partial charge in [-0.3, -0.25) is 4.79 Å². The van der Waals surface area contributed by atoms with Crippen molar-refractivity contribution in [1.82, 2.24) is 0 Å². The molecule has 0 aromatic heterocycles. The molecule has 206 valence electrons. The van der Waals surface area contributed by atoms with Crippen LogP contribution in [0.1, 0.15) is 27.0 Å². The zero-order chi connectivity index (χ0) is 29.4. The maximum atomic E-state index is 15.9. The summed E-state index contributed by atoms with van der Waals surface area (Å²) in [5.74, 6) is -12.0. The lowest BCUT2D eigenvalue weighted by Gasteiger charge is -2.38. The third kappa shape index (κ3) is 4.29. The number of halogens is 7. The molecular formula is C24H15F7O6SSi. The van der Waals surface area contributed by atoms with Crippen LogP contribution in [0.4, 0.5) is 30.7 Å². The molecule has 2 aliphatic rings. The molecule has 1 aliphatic heterocycles. The van der Waals surface area contributed by atoms with Gasteiger partial charge in [0.25, 0.3) is 0 Å². The van der Waals surface area contributed by atoms with Crippen LogP contribution < -0.4 is 9.37 Å². The minimum Gasteiger partial charge on any atom is -0.478 e. The number of carboxylic acid groups (broad SMARTS) is 1. The Morgan fingerprint density at radius 2 is 1.64 bits per heavy atom. The molecule has 0 saturated heterocycles. The highest BCUT2D eigenvalue weighted by Gasteiger charge is 2.51. The molecule has 6 nitrogen and oxygen atoms in total. The van der Waals surface area contributed by atoms with Crippen LogP contribution in [0, 0.1) is 18.6 Å². The van der Waals surface area contributed by atoms with Crippen molar-refractivity contribution >= 4 is 40.7 Å². The molecule has 0 amide bonds. The van der Waals surface area contributed by atoms with Crippen LogP contribution in [-0.2, 0) is 14.9 Å². The van der Waals surface area contributed by atoms with Crippen LogP contribution in [0.3, 0.4) is 0 Å². The van der Waals surface area contributed by atoms with Crippen LogP contribution in [0.25, 0.3) is 5.57 Å². The summed E-state index contributed by atoms with van der Waals surface area (Å²) in [5, 5.41) is 8.29. The third-order valence-electron chi connectivity index (χ3n) is 6.37. The number of carbonyl (C=O) groups excluding carboxylic acids is 1. The highest BCUT2D eigenvalue weighted by Crippen LogP contribution is 2.47. The standard InChI is InChI=1S/C24H15F7O6SSi/c1-9-4-5-10(23(33)34)6-11(9)16-12-7-14(25)19(32)17(27)21(12)39(2,3)22-13(16)8-15(26)20(18(22)28)37-38(35,36)24(29,30)31/h4-8H,1-3H3,(H,33,34). The molecule has 2 aromatic carbocycles. The highest BCUT2D eigenvalue weighted by atomic mass is 32.2. The lowest BCUT2D eigenvalue weighted by Crippen LogP contribution is -2.52. The Hall–Kier alpha value is -3.72. The van der Waals surface area contributed by atoms with E-state index in [1.807, 2.05) is 0 Å². The van der Waals surface area contributed by atoms with Crippen molar-refractivity contribution in [2.75, 3.05) is 0 Å². The number of carboxylic acids is 1. The number of Topliss-reactive ketones (excluding diaryl/α,β-unsaturated/α-hetero) is 1. The van der Waals surface area contributed by atoms with E-state index in [0.717, 1.165) is 6.07 Å². The predicted octanol–water partition coefficient (Wildman–Crippen LogP) is 5.13. The van der Waals surface area contributed by atoms with Crippen molar-refractivity contribution in [2.24, 2.45) is 0 Å². The molecule has 0 fully saturated rings. The summed E-state index contributed by atoms with van der Waals surface area (Å²) in [6.07, 6.45) is 0.634. The summed E-state index contributed by atoms with van der Waals surface area (Å²) in [4.78, 5) is 23.8. The largest absolute Gasteiger partial charge is 0.534 e. The molecule has 4 rings (SSSR count). The fourth-order valence-corrected chi connectivity index (χ4v) is 8.42. The molecule has 0 unspecified atom stereocenters. The molecular weight excluding hydrogens is 577 g/mol. The highest BCUT2D eigenvalue weighted by molar-refractivity contribution is 7.88. The van der Waals surface area contributed by atoms with Crippen LogP contribution >= 0.6 is 0 Å². The SMILES string of the molecule is Cc1ccc(C(=O)O)cc1C1=C2C=C(F)C(=O)C(F)=C2[Si](C)(C)c2c1cc(F)c(OS(=O)(=O)C(F)(F)F)c2F. The predicted molar refractivity (Wildman–Crippen MR) is 126 cm³/mol. The van der Waals surface area contributed by atoms with Crippen molar-refractivity contribution in [1.29, 1.82) is 0 Å². The second-order valence-corrected chi connectivity index (χ2v) is 15.0. The summed E-state index contributed by atoms with van der Waals surface area (Å²) in [6.45, 7) is 3.90. The Bertz CT molecular complexity index is 1700. The second kappa shape index (κ2) is 8.91. The number of aryl methyl sites for hydroxylation is 1. The average Bonchev–Trinajstić information content (AvgIpc) is 2.79. The van der Waals surface area contributed by atoms with Gasteiger partial charge in [-0.15, -0.1) is 0 Å². The van der Waals surface area contributed by atoms with E-state index in [1.54, 1.807) is 0 Å². The molecule has 1 aliphatic carbocycles. The maximum absolute atomic E-state index is 15.9. The van der Waals surface area contributed by atoms with Gasteiger partial charge in [-0.05, 0) is 69.4 Å². The number of hydrogen-bond donors (Lipinski definition) is 1. The monoisotopic (exact) mass is 592 g/mol. The summed E-state index contributed by atoms with van der Waals surface area (Å²) >= 11 is 0. The van der Waals surface area contributed by atoms with Crippen LogP contribution in [-0.4, -0.2) is 38.9 Å².